The van der Waals surface area contributed by atoms with Crippen molar-refractivity contribution in [2.24, 2.45) is 5.73 Å². The van der Waals surface area contributed by atoms with Crippen LogP contribution in [-0.2, 0) is 32.3 Å². The zero-order valence-electron chi connectivity index (χ0n) is 20.5. The lowest BCUT2D eigenvalue weighted by atomic mass is 10.1. The van der Waals surface area contributed by atoms with Crippen molar-refractivity contribution in [1.82, 2.24) is 30.5 Å². The number of nitrogens with two attached hydrogens (primary N) is 1. The highest BCUT2D eigenvalue weighted by Gasteiger charge is 2.28. The van der Waals surface area contributed by atoms with Crippen molar-refractivity contribution in [2.75, 3.05) is 20.2 Å². The van der Waals surface area contributed by atoms with Gasteiger partial charge in [-0.2, -0.15) is 0 Å². The van der Waals surface area contributed by atoms with Crippen LogP contribution >= 0.6 is 0 Å². The normalized spacial score (nSPS) is 11.8. The van der Waals surface area contributed by atoms with E-state index in [0.29, 0.717) is 23.8 Å². The van der Waals surface area contributed by atoms with Crippen molar-refractivity contribution < 1.29 is 23.9 Å². The Kier molecular flexibility index (Phi) is 10.5. The molecule has 3 aromatic rings. The third-order valence-electron chi connectivity index (χ3n) is 5.16. The summed E-state index contributed by atoms with van der Waals surface area (Å²) in [5.41, 5.74) is 6.88. The van der Waals surface area contributed by atoms with Crippen LogP contribution in [0.3, 0.4) is 0 Å². The number of rotatable bonds is 11. The van der Waals surface area contributed by atoms with Gasteiger partial charge in [-0.15, -0.1) is 10.2 Å². The maximum atomic E-state index is 12.7. The van der Waals surface area contributed by atoms with Gasteiger partial charge in [0.05, 0.1) is 31.0 Å². The van der Waals surface area contributed by atoms with Gasteiger partial charge in [-0.3, -0.25) is 14.0 Å². The van der Waals surface area contributed by atoms with Crippen LogP contribution in [0.5, 0.6) is 0 Å². The topological polar surface area (TPSA) is 162 Å². The highest BCUT2D eigenvalue weighted by molar-refractivity contribution is 5.85. The summed E-state index contributed by atoms with van der Waals surface area (Å²) in [7, 11) is 1.47. The summed E-state index contributed by atoms with van der Waals surface area (Å²) in [5.74, 6) is -0.359. The summed E-state index contributed by atoms with van der Waals surface area (Å²) in [6, 6.07) is 14.2. The summed E-state index contributed by atoms with van der Waals surface area (Å²) in [4.78, 5) is 36.1. The van der Waals surface area contributed by atoms with E-state index in [1.807, 2.05) is 30.3 Å². The fourth-order valence-electron chi connectivity index (χ4n) is 3.19. The number of nitrogens with one attached hydrogen (secondary N) is 3. The molecule has 0 aliphatic rings. The zero-order chi connectivity index (χ0) is 26.1. The molecular weight excluding hydrogens is 478 g/mol. The van der Waals surface area contributed by atoms with E-state index in [0.717, 1.165) is 5.56 Å². The molecule has 3 rings (SSSR count). The minimum atomic E-state index is -1.13. The van der Waals surface area contributed by atoms with Crippen LogP contribution in [0.1, 0.15) is 44.4 Å². The number of nitrogens with zero attached hydrogens (tertiary/aromatic N) is 3. The van der Waals surface area contributed by atoms with E-state index in [1.165, 1.54) is 7.05 Å². The molecule has 0 fully saturated rings. The standard InChI is InChI=1S/C24H31N7O5.CH4/c1-24(2,25)22(33)28-18(15-35-13-16-8-5-4-6-9-16)21-30-29-19-11-7-10-17(31(19)21)14-36-23(34)27-12-20(32)26-3;/h4-11,18H,12-15,25H2,1-3H3,(H,26,32)(H,27,34)(H,28,33);1H4/t18-;/m1./s1. The number of likely N-dealkylation sites (N-methyl/N-ethyl adjacent to an activating group) is 1. The highest BCUT2D eigenvalue weighted by atomic mass is 16.5. The predicted octanol–water partition coefficient (Wildman–Crippen LogP) is 1.45. The van der Waals surface area contributed by atoms with Crippen molar-refractivity contribution in [1.29, 1.82) is 0 Å². The number of ether oxygens (including phenoxy) is 2. The molecule has 0 aliphatic carbocycles. The molecule has 2 aromatic heterocycles. The summed E-state index contributed by atoms with van der Waals surface area (Å²) in [6.45, 7) is 3.29. The first-order valence-electron chi connectivity index (χ1n) is 11.3. The fourth-order valence-corrected chi connectivity index (χ4v) is 3.19. The van der Waals surface area contributed by atoms with Crippen molar-refractivity contribution >= 4 is 23.6 Å². The SMILES string of the molecule is C.CNC(=O)CNC(=O)OCc1cccc2nnc([C@@H](COCc3ccccc3)NC(=O)C(C)(C)N)n12. The highest BCUT2D eigenvalue weighted by Crippen LogP contribution is 2.18. The number of benzene rings is 1. The maximum absolute atomic E-state index is 12.7. The molecule has 5 N–H and O–H groups in total. The number of carbonyl (C=O) groups excluding carboxylic acids is 3. The van der Waals surface area contributed by atoms with Crippen molar-refractivity contribution in [3.05, 3.63) is 65.6 Å². The van der Waals surface area contributed by atoms with Crippen LogP contribution in [-0.4, -0.2) is 58.2 Å². The first-order chi connectivity index (χ1) is 17.2. The van der Waals surface area contributed by atoms with E-state index >= 15 is 0 Å². The third kappa shape index (κ3) is 8.26. The first kappa shape index (κ1) is 29.2. The molecule has 37 heavy (non-hydrogen) atoms. The quantitative estimate of drug-likeness (QED) is 0.299. The molecule has 1 atom stereocenters. The number of hydrogen-bond acceptors (Lipinski definition) is 8. The molecule has 0 unspecified atom stereocenters. The summed E-state index contributed by atoms with van der Waals surface area (Å²) < 4.78 is 12.9. The van der Waals surface area contributed by atoms with E-state index in [4.69, 9.17) is 15.2 Å². The lowest BCUT2D eigenvalue weighted by molar-refractivity contribution is -0.126. The molecule has 200 valence electrons. The molecule has 0 saturated heterocycles. The largest absolute Gasteiger partial charge is 0.443 e. The van der Waals surface area contributed by atoms with Gasteiger partial charge < -0.3 is 31.2 Å². The molecule has 1 aromatic carbocycles. The number of amides is 3. The lowest BCUT2D eigenvalue weighted by Crippen LogP contribution is -2.51. The van der Waals surface area contributed by atoms with Crippen LogP contribution < -0.4 is 21.7 Å². The molecule has 12 nitrogen and oxygen atoms in total. The Balaban J connectivity index is 0.00000481. The van der Waals surface area contributed by atoms with Gasteiger partial charge in [0.15, 0.2) is 11.5 Å². The molecular formula is C25H35N7O5. The Morgan fingerprint density at radius 3 is 2.46 bits per heavy atom. The van der Waals surface area contributed by atoms with Crippen LogP contribution in [0.15, 0.2) is 48.5 Å². The van der Waals surface area contributed by atoms with Gasteiger partial charge in [0.25, 0.3) is 0 Å². The van der Waals surface area contributed by atoms with E-state index in [9.17, 15) is 14.4 Å². The Morgan fingerprint density at radius 1 is 1.05 bits per heavy atom. The summed E-state index contributed by atoms with van der Waals surface area (Å²) in [5, 5.41) is 16.1. The van der Waals surface area contributed by atoms with Gasteiger partial charge in [0, 0.05) is 7.05 Å². The Hall–Kier alpha value is -4.03. The number of fused-ring (bicyclic) bond motifs is 1. The smallest absolute Gasteiger partial charge is 0.407 e. The Morgan fingerprint density at radius 2 is 1.78 bits per heavy atom. The van der Waals surface area contributed by atoms with Crippen LogP contribution in [0.2, 0.25) is 0 Å². The average Bonchev–Trinajstić information content (AvgIpc) is 3.30. The number of carbonyl (C=O) groups is 3. The minimum absolute atomic E-state index is 0. The van der Waals surface area contributed by atoms with E-state index in [-0.39, 0.29) is 33.1 Å². The monoisotopic (exact) mass is 513 g/mol. The molecule has 3 amide bonds. The second-order valence-electron chi connectivity index (χ2n) is 8.62. The first-order valence-corrected chi connectivity index (χ1v) is 11.3. The van der Waals surface area contributed by atoms with Gasteiger partial charge in [-0.1, -0.05) is 43.8 Å². The number of alkyl carbamates (subject to hydrolysis) is 1. The number of aromatic nitrogens is 3. The van der Waals surface area contributed by atoms with Gasteiger partial charge in [-0.25, -0.2) is 4.79 Å². The van der Waals surface area contributed by atoms with Gasteiger partial charge >= 0.3 is 6.09 Å². The Labute approximate surface area is 215 Å². The van der Waals surface area contributed by atoms with E-state index in [1.54, 1.807) is 36.4 Å². The average molecular weight is 514 g/mol. The molecule has 12 heteroatoms. The third-order valence-corrected chi connectivity index (χ3v) is 5.16. The zero-order valence-corrected chi connectivity index (χ0v) is 20.5. The number of pyridine rings is 1. The van der Waals surface area contributed by atoms with Gasteiger partial charge in [-0.05, 0) is 31.5 Å². The molecule has 0 bridgehead atoms. The summed E-state index contributed by atoms with van der Waals surface area (Å²) >= 11 is 0. The molecule has 0 aliphatic heterocycles. The molecule has 0 radical (unpaired) electrons. The number of hydrogen-bond donors (Lipinski definition) is 4. The van der Waals surface area contributed by atoms with Crippen molar-refractivity contribution in [2.45, 2.75) is 46.1 Å². The molecule has 0 saturated carbocycles. The van der Waals surface area contributed by atoms with Crippen molar-refractivity contribution in [3.63, 3.8) is 0 Å². The van der Waals surface area contributed by atoms with Gasteiger partial charge in [0.1, 0.15) is 12.6 Å². The van der Waals surface area contributed by atoms with Crippen LogP contribution in [0, 0.1) is 0 Å². The lowest BCUT2D eigenvalue weighted by Gasteiger charge is -2.24. The Bertz CT molecular complexity index is 1190. The second kappa shape index (κ2) is 13.3. The van der Waals surface area contributed by atoms with Crippen LogP contribution in [0.4, 0.5) is 4.79 Å². The van der Waals surface area contributed by atoms with Crippen molar-refractivity contribution in [3.8, 4) is 0 Å². The van der Waals surface area contributed by atoms with E-state index < -0.39 is 23.6 Å². The second-order valence-corrected chi connectivity index (χ2v) is 8.62. The van der Waals surface area contributed by atoms with Crippen LogP contribution in [0.25, 0.3) is 5.65 Å². The van der Waals surface area contributed by atoms with E-state index in [2.05, 4.69) is 26.1 Å². The molecule has 2 heterocycles. The fraction of sp³-hybridized carbons (Fsp3) is 0.400. The molecule has 0 spiro atoms. The predicted molar refractivity (Wildman–Crippen MR) is 137 cm³/mol. The van der Waals surface area contributed by atoms with Gasteiger partial charge in [0.2, 0.25) is 11.8 Å². The summed E-state index contributed by atoms with van der Waals surface area (Å²) in [6.07, 6.45) is -0.758. The minimum Gasteiger partial charge on any atom is -0.443 e. The maximum Gasteiger partial charge on any atom is 0.407 e.